The zero-order valence-corrected chi connectivity index (χ0v) is 11.5. The van der Waals surface area contributed by atoms with Gasteiger partial charge >= 0.3 is 0 Å². The van der Waals surface area contributed by atoms with Gasteiger partial charge in [-0.15, -0.1) is 0 Å². The van der Waals surface area contributed by atoms with Gasteiger partial charge in [-0.25, -0.2) is 4.39 Å². The highest BCUT2D eigenvalue weighted by molar-refractivity contribution is 8.01. The largest absolute Gasteiger partial charge is 0.358 e. The predicted octanol–water partition coefficient (Wildman–Crippen LogP) is 3.17. The summed E-state index contributed by atoms with van der Waals surface area (Å²) < 4.78 is 13.6. The van der Waals surface area contributed by atoms with Gasteiger partial charge in [0.05, 0.1) is 5.69 Å². The molecule has 3 nitrogen and oxygen atoms in total. The molecule has 0 fully saturated rings. The van der Waals surface area contributed by atoms with Gasteiger partial charge in [-0.2, -0.15) is 0 Å². The van der Waals surface area contributed by atoms with E-state index in [-0.39, 0.29) is 11.7 Å². The molecule has 1 atom stereocenters. The Kier molecular flexibility index (Phi) is 2.22. The van der Waals surface area contributed by atoms with Crippen molar-refractivity contribution in [2.45, 2.75) is 9.77 Å². The van der Waals surface area contributed by atoms with Crippen molar-refractivity contribution >= 4 is 29.0 Å². The number of carbonyl (C=O) groups is 1. The van der Waals surface area contributed by atoms with E-state index in [4.69, 9.17) is 0 Å². The Morgan fingerprint density at radius 3 is 2.85 bits per heavy atom. The van der Waals surface area contributed by atoms with Gasteiger partial charge in [-0.1, -0.05) is 23.9 Å². The van der Waals surface area contributed by atoms with Crippen LogP contribution in [0.2, 0.25) is 0 Å². The molecular formula is C15H11FN2OS. The van der Waals surface area contributed by atoms with Crippen LogP contribution in [0.25, 0.3) is 0 Å². The molecule has 1 spiro atoms. The van der Waals surface area contributed by atoms with Crippen molar-refractivity contribution in [3.05, 3.63) is 53.8 Å². The Balaban J connectivity index is 1.93. The van der Waals surface area contributed by atoms with E-state index in [1.54, 1.807) is 18.0 Å². The molecule has 20 heavy (non-hydrogen) atoms. The summed E-state index contributed by atoms with van der Waals surface area (Å²) in [6.07, 6.45) is 0. The average Bonchev–Trinajstić information content (AvgIpc) is 2.93. The second-order valence-electron chi connectivity index (χ2n) is 4.93. The number of para-hydroxylation sites is 1. The van der Waals surface area contributed by atoms with Crippen LogP contribution >= 0.6 is 11.8 Å². The number of benzene rings is 2. The van der Waals surface area contributed by atoms with Gasteiger partial charge in [0.15, 0.2) is 4.87 Å². The number of amides is 1. The fraction of sp³-hybridized carbons (Fsp3) is 0.133. The SMILES string of the molecule is CN1C(=O)C2(Nc3ccccc3S2)c2cc(F)ccc21. The number of likely N-dealkylation sites (N-methyl/N-ethyl adjacent to an activating group) is 1. The molecule has 2 aliphatic rings. The Morgan fingerprint density at radius 2 is 2.05 bits per heavy atom. The summed E-state index contributed by atoms with van der Waals surface area (Å²) in [4.78, 5) is 14.3. The normalized spacial score (nSPS) is 22.9. The average molecular weight is 286 g/mol. The summed E-state index contributed by atoms with van der Waals surface area (Å²) in [6.45, 7) is 0. The molecule has 2 aromatic rings. The maximum absolute atomic E-state index is 13.6. The summed E-state index contributed by atoms with van der Waals surface area (Å²) in [5.74, 6) is -0.399. The lowest BCUT2D eigenvalue weighted by Gasteiger charge is -2.22. The number of hydrogen-bond donors (Lipinski definition) is 1. The number of anilines is 2. The minimum Gasteiger partial charge on any atom is -0.358 e. The molecule has 0 bridgehead atoms. The van der Waals surface area contributed by atoms with E-state index < -0.39 is 4.87 Å². The predicted molar refractivity (Wildman–Crippen MR) is 77.4 cm³/mol. The molecule has 0 aromatic heterocycles. The van der Waals surface area contributed by atoms with Crippen molar-refractivity contribution in [1.29, 1.82) is 0 Å². The minimum atomic E-state index is -0.935. The molecule has 2 aromatic carbocycles. The van der Waals surface area contributed by atoms with Gasteiger partial charge in [0.25, 0.3) is 5.91 Å². The number of nitrogens with one attached hydrogen (secondary N) is 1. The highest BCUT2D eigenvalue weighted by atomic mass is 32.2. The highest BCUT2D eigenvalue weighted by Gasteiger charge is 2.54. The summed E-state index contributed by atoms with van der Waals surface area (Å²) in [7, 11) is 1.72. The number of hydrogen-bond acceptors (Lipinski definition) is 3. The summed E-state index contributed by atoms with van der Waals surface area (Å²) in [5.41, 5.74) is 2.35. The van der Waals surface area contributed by atoms with Gasteiger partial charge in [0.1, 0.15) is 5.82 Å². The summed E-state index contributed by atoms with van der Waals surface area (Å²) >= 11 is 1.44. The zero-order chi connectivity index (χ0) is 13.9. The molecule has 1 unspecified atom stereocenters. The first-order valence-electron chi connectivity index (χ1n) is 6.26. The van der Waals surface area contributed by atoms with Crippen molar-refractivity contribution in [1.82, 2.24) is 0 Å². The minimum absolute atomic E-state index is 0.0701. The number of rotatable bonds is 0. The van der Waals surface area contributed by atoms with E-state index in [2.05, 4.69) is 5.32 Å². The van der Waals surface area contributed by atoms with E-state index in [1.165, 1.54) is 23.9 Å². The molecule has 1 N–H and O–H groups in total. The van der Waals surface area contributed by atoms with Crippen LogP contribution in [-0.2, 0) is 9.67 Å². The number of fused-ring (bicyclic) bond motifs is 3. The number of carbonyl (C=O) groups excluding carboxylic acids is 1. The molecule has 0 aliphatic carbocycles. The molecule has 0 radical (unpaired) electrons. The standard InChI is InChI=1S/C15H11FN2OS/c1-18-12-7-6-9(16)8-10(12)15(14(18)19)17-11-4-2-3-5-13(11)20-15/h2-8,17H,1H3. The van der Waals surface area contributed by atoms with Crippen LogP contribution in [0, 0.1) is 5.82 Å². The summed E-state index contributed by atoms with van der Waals surface area (Å²) in [6, 6.07) is 12.2. The van der Waals surface area contributed by atoms with E-state index >= 15 is 0 Å². The Labute approximate surface area is 119 Å². The van der Waals surface area contributed by atoms with Crippen LogP contribution in [0.5, 0.6) is 0 Å². The highest BCUT2D eigenvalue weighted by Crippen LogP contribution is 2.57. The lowest BCUT2D eigenvalue weighted by Crippen LogP contribution is -2.39. The van der Waals surface area contributed by atoms with Gasteiger partial charge < -0.3 is 10.2 Å². The van der Waals surface area contributed by atoms with Gasteiger partial charge in [0, 0.05) is 23.2 Å². The Hall–Kier alpha value is -2.01. The molecule has 100 valence electrons. The fourth-order valence-corrected chi connectivity index (χ4v) is 4.17. The molecule has 0 saturated carbocycles. The Bertz CT molecular complexity index is 721. The van der Waals surface area contributed by atoms with E-state index in [0.29, 0.717) is 5.56 Å². The lowest BCUT2D eigenvalue weighted by atomic mass is 10.1. The van der Waals surface area contributed by atoms with Crippen LogP contribution in [0.4, 0.5) is 15.8 Å². The van der Waals surface area contributed by atoms with Gasteiger partial charge in [-0.3, -0.25) is 4.79 Å². The second kappa shape index (κ2) is 3.76. The van der Waals surface area contributed by atoms with Crippen LogP contribution in [0.15, 0.2) is 47.4 Å². The van der Waals surface area contributed by atoms with E-state index in [9.17, 15) is 9.18 Å². The van der Waals surface area contributed by atoms with Crippen LogP contribution in [-0.4, -0.2) is 13.0 Å². The molecule has 0 saturated heterocycles. The quantitative estimate of drug-likeness (QED) is 0.807. The number of halogens is 1. The third-order valence-electron chi connectivity index (χ3n) is 3.77. The third kappa shape index (κ3) is 1.33. The maximum Gasteiger partial charge on any atom is 0.268 e. The van der Waals surface area contributed by atoms with Crippen LogP contribution in [0.1, 0.15) is 5.56 Å². The molecule has 2 heterocycles. The number of thioether (sulfide) groups is 1. The van der Waals surface area contributed by atoms with Crippen LogP contribution < -0.4 is 10.2 Å². The van der Waals surface area contributed by atoms with Crippen molar-refractivity contribution in [2.24, 2.45) is 0 Å². The lowest BCUT2D eigenvalue weighted by molar-refractivity contribution is -0.119. The monoisotopic (exact) mass is 286 g/mol. The first-order chi connectivity index (χ1) is 9.62. The first kappa shape index (κ1) is 11.8. The number of nitrogens with zero attached hydrogens (tertiary/aromatic N) is 1. The van der Waals surface area contributed by atoms with Gasteiger partial charge in [-0.05, 0) is 30.3 Å². The van der Waals surface area contributed by atoms with Gasteiger partial charge in [0.2, 0.25) is 0 Å². The molecular weight excluding hydrogens is 275 g/mol. The first-order valence-corrected chi connectivity index (χ1v) is 7.08. The summed E-state index contributed by atoms with van der Waals surface area (Å²) in [5, 5.41) is 3.28. The molecule has 2 aliphatic heterocycles. The Morgan fingerprint density at radius 1 is 1.25 bits per heavy atom. The maximum atomic E-state index is 13.6. The molecule has 1 amide bonds. The van der Waals surface area contributed by atoms with E-state index in [1.807, 2.05) is 24.3 Å². The van der Waals surface area contributed by atoms with Crippen molar-refractivity contribution in [3.63, 3.8) is 0 Å². The zero-order valence-electron chi connectivity index (χ0n) is 10.7. The third-order valence-corrected chi connectivity index (χ3v) is 5.14. The van der Waals surface area contributed by atoms with Crippen molar-refractivity contribution in [3.8, 4) is 0 Å². The van der Waals surface area contributed by atoms with E-state index in [0.717, 1.165) is 16.3 Å². The molecule has 5 heteroatoms. The van der Waals surface area contributed by atoms with Crippen molar-refractivity contribution < 1.29 is 9.18 Å². The smallest absolute Gasteiger partial charge is 0.268 e. The van der Waals surface area contributed by atoms with Crippen molar-refractivity contribution in [2.75, 3.05) is 17.3 Å². The topological polar surface area (TPSA) is 32.3 Å². The van der Waals surface area contributed by atoms with Crippen LogP contribution in [0.3, 0.4) is 0 Å². The fourth-order valence-electron chi connectivity index (χ4n) is 2.80. The second-order valence-corrected chi connectivity index (χ2v) is 6.19. The molecule has 4 rings (SSSR count).